The molecule has 1 unspecified atom stereocenters. The summed E-state index contributed by atoms with van der Waals surface area (Å²) in [6.07, 6.45) is 2.32. The first-order valence-electron chi connectivity index (χ1n) is 6.53. The van der Waals surface area contributed by atoms with Crippen molar-refractivity contribution >= 4 is 11.4 Å². The molecule has 1 saturated heterocycles. The Bertz CT molecular complexity index is 463. The van der Waals surface area contributed by atoms with Crippen molar-refractivity contribution in [1.82, 2.24) is 0 Å². The summed E-state index contributed by atoms with van der Waals surface area (Å²) in [5.41, 5.74) is 6.44. The smallest absolute Gasteiger partial charge is 0.167 e. The maximum Gasteiger partial charge on any atom is 0.167 e. The van der Waals surface area contributed by atoms with Crippen LogP contribution in [0.15, 0.2) is 12.1 Å². The molecule has 1 aromatic carbocycles. The van der Waals surface area contributed by atoms with Gasteiger partial charge in [-0.25, -0.2) is 4.39 Å². The lowest BCUT2D eigenvalue weighted by Gasteiger charge is -2.26. The molecule has 1 fully saturated rings. The number of nitrogens with zero attached hydrogens (tertiary/aromatic N) is 1. The van der Waals surface area contributed by atoms with E-state index in [2.05, 4.69) is 4.90 Å². The number of hydrogen-bond acceptors (Lipinski definition) is 4. The molecular formula is C14H21FN2O2. The van der Waals surface area contributed by atoms with Gasteiger partial charge in [0.1, 0.15) is 0 Å². The van der Waals surface area contributed by atoms with Crippen LogP contribution in [0, 0.1) is 5.82 Å². The quantitative estimate of drug-likeness (QED) is 0.807. The van der Waals surface area contributed by atoms with Crippen LogP contribution in [0.3, 0.4) is 0 Å². The van der Waals surface area contributed by atoms with E-state index in [9.17, 15) is 9.50 Å². The summed E-state index contributed by atoms with van der Waals surface area (Å²) in [6.45, 7) is 3.35. The Morgan fingerprint density at radius 2 is 2.11 bits per heavy atom. The van der Waals surface area contributed by atoms with Gasteiger partial charge < -0.3 is 20.5 Å². The summed E-state index contributed by atoms with van der Waals surface area (Å²) >= 11 is 0. The van der Waals surface area contributed by atoms with Gasteiger partial charge in [-0.3, -0.25) is 0 Å². The van der Waals surface area contributed by atoms with Crippen molar-refractivity contribution in [2.75, 3.05) is 30.8 Å². The molecule has 4 nitrogen and oxygen atoms in total. The topological polar surface area (TPSA) is 58.7 Å². The van der Waals surface area contributed by atoms with Crippen LogP contribution < -0.4 is 15.4 Å². The van der Waals surface area contributed by atoms with Crippen LogP contribution in [0.1, 0.15) is 26.2 Å². The van der Waals surface area contributed by atoms with Crippen molar-refractivity contribution in [3.63, 3.8) is 0 Å². The van der Waals surface area contributed by atoms with Crippen LogP contribution in [0.25, 0.3) is 0 Å². The number of benzene rings is 1. The van der Waals surface area contributed by atoms with E-state index in [0.717, 1.165) is 25.1 Å². The zero-order valence-corrected chi connectivity index (χ0v) is 11.4. The van der Waals surface area contributed by atoms with E-state index in [4.69, 9.17) is 10.5 Å². The minimum Gasteiger partial charge on any atom is -0.494 e. The molecule has 2 rings (SSSR count). The third kappa shape index (κ3) is 3.10. The third-order valence-electron chi connectivity index (χ3n) is 3.71. The number of methoxy groups -OCH3 is 1. The molecule has 0 aromatic heterocycles. The lowest BCUT2D eigenvalue weighted by atomic mass is 9.98. The van der Waals surface area contributed by atoms with E-state index in [0.29, 0.717) is 18.7 Å². The molecule has 0 saturated carbocycles. The number of halogens is 1. The average molecular weight is 268 g/mol. The van der Waals surface area contributed by atoms with Gasteiger partial charge in [-0.15, -0.1) is 0 Å². The van der Waals surface area contributed by atoms with Gasteiger partial charge in [-0.1, -0.05) is 0 Å². The molecular weight excluding hydrogens is 247 g/mol. The van der Waals surface area contributed by atoms with Crippen molar-refractivity contribution in [2.45, 2.75) is 31.8 Å². The van der Waals surface area contributed by atoms with E-state index in [1.54, 1.807) is 6.07 Å². The second-order valence-electron chi connectivity index (χ2n) is 5.38. The summed E-state index contributed by atoms with van der Waals surface area (Å²) in [6, 6.07) is 2.92. The number of nitrogen functional groups attached to an aromatic ring is 1. The zero-order valence-electron chi connectivity index (χ0n) is 11.4. The molecule has 1 aliphatic heterocycles. The van der Waals surface area contributed by atoms with E-state index in [1.807, 2.05) is 6.92 Å². The van der Waals surface area contributed by atoms with Gasteiger partial charge in [0.25, 0.3) is 0 Å². The van der Waals surface area contributed by atoms with Crippen LogP contribution in [0.5, 0.6) is 5.75 Å². The van der Waals surface area contributed by atoms with Crippen molar-refractivity contribution < 1.29 is 14.2 Å². The first-order chi connectivity index (χ1) is 8.93. The van der Waals surface area contributed by atoms with E-state index >= 15 is 0 Å². The van der Waals surface area contributed by atoms with Crippen molar-refractivity contribution in [3.05, 3.63) is 17.9 Å². The largest absolute Gasteiger partial charge is 0.494 e. The van der Waals surface area contributed by atoms with Crippen LogP contribution in [0.2, 0.25) is 0 Å². The van der Waals surface area contributed by atoms with Crippen LogP contribution in [-0.2, 0) is 0 Å². The summed E-state index contributed by atoms with van der Waals surface area (Å²) in [7, 11) is 1.44. The maximum atomic E-state index is 13.5. The first kappa shape index (κ1) is 13.9. The molecule has 3 N–H and O–H groups in total. The molecule has 1 aromatic rings. The average Bonchev–Trinajstić information content (AvgIpc) is 2.51. The number of ether oxygens (including phenoxy) is 1. The lowest BCUT2D eigenvalue weighted by molar-refractivity contribution is 0.0481. The number of anilines is 2. The van der Waals surface area contributed by atoms with Gasteiger partial charge in [-0.2, -0.15) is 0 Å². The lowest BCUT2D eigenvalue weighted by Crippen LogP contribution is -2.28. The SMILES string of the molecule is COc1cc(N2CCCC(C)(O)CC2)c(N)cc1F. The molecule has 1 aliphatic rings. The molecule has 0 radical (unpaired) electrons. The van der Waals surface area contributed by atoms with Gasteiger partial charge in [0.15, 0.2) is 11.6 Å². The highest BCUT2D eigenvalue weighted by atomic mass is 19.1. The number of rotatable bonds is 2. The molecule has 5 heteroatoms. The Morgan fingerprint density at radius 3 is 2.79 bits per heavy atom. The van der Waals surface area contributed by atoms with Crippen LogP contribution >= 0.6 is 0 Å². The second-order valence-corrected chi connectivity index (χ2v) is 5.38. The third-order valence-corrected chi connectivity index (χ3v) is 3.71. The predicted octanol–water partition coefficient (Wildman–Crippen LogP) is 2.16. The van der Waals surface area contributed by atoms with Gasteiger partial charge in [0.05, 0.1) is 24.1 Å². The maximum absolute atomic E-state index is 13.5. The van der Waals surface area contributed by atoms with Gasteiger partial charge in [0, 0.05) is 25.2 Å². The first-order valence-corrected chi connectivity index (χ1v) is 6.53. The molecule has 0 aliphatic carbocycles. The summed E-state index contributed by atoms with van der Waals surface area (Å²) < 4.78 is 18.5. The Balaban J connectivity index is 2.26. The summed E-state index contributed by atoms with van der Waals surface area (Å²) in [4.78, 5) is 2.08. The summed E-state index contributed by atoms with van der Waals surface area (Å²) in [5.74, 6) is -0.259. The van der Waals surface area contributed by atoms with E-state index in [1.165, 1.54) is 13.2 Å². The molecule has 106 valence electrons. The molecule has 0 amide bonds. The van der Waals surface area contributed by atoms with Gasteiger partial charge in [-0.05, 0) is 26.2 Å². The standard InChI is InChI=1S/C14H21FN2O2/c1-14(18)4-3-6-17(7-5-14)12-9-13(19-2)10(15)8-11(12)16/h8-9,18H,3-7,16H2,1-2H3. The predicted molar refractivity (Wildman–Crippen MR) is 74.1 cm³/mol. The normalized spacial score (nSPS) is 24.1. The number of aliphatic hydroxyl groups is 1. The fourth-order valence-electron chi connectivity index (χ4n) is 2.49. The van der Waals surface area contributed by atoms with Crippen LogP contribution in [0.4, 0.5) is 15.8 Å². The minimum absolute atomic E-state index is 0.195. The molecule has 0 bridgehead atoms. The number of nitrogens with two attached hydrogens (primary N) is 1. The van der Waals surface area contributed by atoms with Crippen molar-refractivity contribution in [1.29, 1.82) is 0 Å². The monoisotopic (exact) mass is 268 g/mol. The Morgan fingerprint density at radius 1 is 1.37 bits per heavy atom. The fraction of sp³-hybridized carbons (Fsp3) is 0.571. The Labute approximate surface area is 113 Å². The highest BCUT2D eigenvalue weighted by Gasteiger charge is 2.26. The van der Waals surface area contributed by atoms with Crippen molar-refractivity contribution in [2.24, 2.45) is 0 Å². The molecule has 0 spiro atoms. The highest BCUT2D eigenvalue weighted by molar-refractivity contribution is 5.70. The zero-order chi connectivity index (χ0) is 14.0. The molecule has 1 atom stereocenters. The number of hydrogen-bond donors (Lipinski definition) is 2. The molecule has 1 heterocycles. The Hall–Kier alpha value is -1.49. The summed E-state index contributed by atoms with van der Waals surface area (Å²) in [5, 5.41) is 10.1. The van der Waals surface area contributed by atoms with Gasteiger partial charge >= 0.3 is 0 Å². The minimum atomic E-state index is -0.631. The fourth-order valence-corrected chi connectivity index (χ4v) is 2.49. The second kappa shape index (κ2) is 5.25. The van der Waals surface area contributed by atoms with Gasteiger partial charge in [0.2, 0.25) is 0 Å². The van der Waals surface area contributed by atoms with E-state index in [-0.39, 0.29) is 5.75 Å². The molecule has 19 heavy (non-hydrogen) atoms. The highest BCUT2D eigenvalue weighted by Crippen LogP contribution is 2.33. The van der Waals surface area contributed by atoms with E-state index < -0.39 is 11.4 Å². The van der Waals surface area contributed by atoms with Crippen LogP contribution in [-0.4, -0.2) is 30.9 Å². The Kier molecular flexibility index (Phi) is 3.85. The van der Waals surface area contributed by atoms with Crippen molar-refractivity contribution in [3.8, 4) is 5.75 Å².